The third-order valence-electron chi connectivity index (χ3n) is 4.20. The summed E-state index contributed by atoms with van der Waals surface area (Å²) in [5.74, 6) is -1.52. The molecule has 0 atom stereocenters. The standard InChI is InChI=1S/C18H24N4O4S/c1-4-27(25,26)22(3)12-6-11-20-17(23)18(24)21-15-9-8-13(2)16-14(15)7-5-10-19-16/h5,7-10H,4,6,11-12H2,1-3H3,(H,20,23)(H,21,24). The Morgan fingerprint density at radius 2 is 1.93 bits per heavy atom. The minimum atomic E-state index is -3.24. The molecular formula is C18H24N4O4S. The highest BCUT2D eigenvalue weighted by molar-refractivity contribution is 7.89. The van der Waals surface area contributed by atoms with Gasteiger partial charge in [0.05, 0.1) is 17.0 Å². The second kappa shape index (κ2) is 8.92. The number of benzene rings is 1. The van der Waals surface area contributed by atoms with Crippen molar-refractivity contribution in [2.24, 2.45) is 0 Å². The number of fused-ring (bicyclic) bond motifs is 1. The highest BCUT2D eigenvalue weighted by Gasteiger charge is 2.17. The van der Waals surface area contributed by atoms with Crippen LogP contribution in [0.3, 0.4) is 0 Å². The maximum atomic E-state index is 12.1. The summed E-state index contributed by atoms with van der Waals surface area (Å²) < 4.78 is 24.5. The molecule has 2 N–H and O–H groups in total. The summed E-state index contributed by atoms with van der Waals surface area (Å²) in [7, 11) is -1.75. The molecule has 8 nitrogen and oxygen atoms in total. The zero-order valence-electron chi connectivity index (χ0n) is 15.7. The summed E-state index contributed by atoms with van der Waals surface area (Å²) in [6, 6.07) is 7.15. The van der Waals surface area contributed by atoms with Gasteiger partial charge in [0.2, 0.25) is 10.0 Å². The van der Waals surface area contributed by atoms with Crippen molar-refractivity contribution in [1.82, 2.24) is 14.6 Å². The van der Waals surface area contributed by atoms with Crippen molar-refractivity contribution in [3.05, 3.63) is 36.0 Å². The Hall–Kier alpha value is -2.52. The lowest BCUT2D eigenvalue weighted by Gasteiger charge is -2.15. The van der Waals surface area contributed by atoms with E-state index in [4.69, 9.17) is 0 Å². The Morgan fingerprint density at radius 3 is 2.63 bits per heavy atom. The smallest absolute Gasteiger partial charge is 0.313 e. The molecule has 2 amide bonds. The number of rotatable bonds is 7. The molecular weight excluding hydrogens is 368 g/mol. The van der Waals surface area contributed by atoms with Gasteiger partial charge in [-0.3, -0.25) is 14.6 Å². The zero-order valence-corrected chi connectivity index (χ0v) is 16.5. The number of nitrogens with one attached hydrogen (secondary N) is 2. The van der Waals surface area contributed by atoms with Crippen molar-refractivity contribution in [1.29, 1.82) is 0 Å². The third-order valence-corrected chi connectivity index (χ3v) is 6.06. The van der Waals surface area contributed by atoms with Crippen molar-refractivity contribution < 1.29 is 18.0 Å². The molecule has 0 aliphatic carbocycles. The third kappa shape index (κ3) is 5.24. The first-order valence-corrected chi connectivity index (χ1v) is 10.2. The predicted octanol–water partition coefficient (Wildman–Crippen LogP) is 1.27. The van der Waals surface area contributed by atoms with Crippen LogP contribution in [-0.2, 0) is 19.6 Å². The molecule has 27 heavy (non-hydrogen) atoms. The van der Waals surface area contributed by atoms with Gasteiger partial charge in [-0.1, -0.05) is 6.07 Å². The van der Waals surface area contributed by atoms with E-state index in [1.54, 1.807) is 25.3 Å². The van der Waals surface area contributed by atoms with Gasteiger partial charge < -0.3 is 10.6 Å². The van der Waals surface area contributed by atoms with E-state index in [2.05, 4.69) is 15.6 Å². The van der Waals surface area contributed by atoms with Crippen molar-refractivity contribution in [3.63, 3.8) is 0 Å². The zero-order chi connectivity index (χ0) is 20.0. The molecule has 0 aliphatic heterocycles. The topological polar surface area (TPSA) is 108 Å². The van der Waals surface area contributed by atoms with Crippen LogP contribution in [-0.4, -0.2) is 55.4 Å². The molecule has 146 valence electrons. The Labute approximate surface area is 159 Å². The maximum Gasteiger partial charge on any atom is 0.313 e. The van der Waals surface area contributed by atoms with Gasteiger partial charge >= 0.3 is 11.8 Å². The lowest BCUT2D eigenvalue weighted by atomic mass is 10.1. The van der Waals surface area contributed by atoms with Gasteiger partial charge in [-0.2, -0.15) is 0 Å². The summed E-state index contributed by atoms with van der Waals surface area (Å²) >= 11 is 0. The lowest BCUT2D eigenvalue weighted by Crippen LogP contribution is -2.37. The molecule has 0 saturated heterocycles. The fourth-order valence-electron chi connectivity index (χ4n) is 2.55. The van der Waals surface area contributed by atoms with Crippen LogP contribution in [0, 0.1) is 6.92 Å². The number of hydrogen-bond donors (Lipinski definition) is 2. The minimum Gasteiger partial charge on any atom is -0.348 e. The first kappa shape index (κ1) is 20.8. The van der Waals surface area contributed by atoms with Gasteiger partial charge in [-0.15, -0.1) is 0 Å². The molecule has 0 radical (unpaired) electrons. The summed E-state index contributed by atoms with van der Waals surface area (Å²) in [6.45, 7) is 3.96. The van der Waals surface area contributed by atoms with Crippen LogP contribution in [0.4, 0.5) is 5.69 Å². The van der Waals surface area contributed by atoms with Gasteiger partial charge in [0.25, 0.3) is 0 Å². The van der Waals surface area contributed by atoms with Gasteiger partial charge in [-0.05, 0) is 44.0 Å². The molecule has 0 spiro atoms. The lowest BCUT2D eigenvalue weighted by molar-refractivity contribution is -0.136. The number of anilines is 1. The quantitative estimate of drug-likeness (QED) is 0.545. The molecule has 0 saturated carbocycles. The SMILES string of the molecule is CCS(=O)(=O)N(C)CCCNC(=O)C(=O)Nc1ccc(C)c2ncccc12. The Bertz CT molecular complexity index is 944. The van der Waals surface area contributed by atoms with Crippen molar-refractivity contribution in [3.8, 4) is 0 Å². The highest BCUT2D eigenvalue weighted by atomic mass is 32.2. The average Bonchev–Trinajstić information content (AvgIpc) is 2.67. The van der Waals surface area contributed by atoms with Crippen molar-refractivity contribution >= 4 is 38.4 Å². The van der Waals surface area contributed by atoms with E-state index in [1.165, 1.54) is 11.4 Å². The molecule has 0 aliphatic rings. The summed E-state index contributed by atoms with van der Waals surface area (Å²) in [4.78, 5) is 28.4. The number of carbonyl (C=O) groups is 2. The van der Waals surface area contributed by atoms with E-state index < -0.39 is 21.8 Å². The molecule has 2 rings (SSSR count). The van der Waals surface area contributed by atoms with E-state index in [-0.39, 0.29) is 18.8 Å². The largest absolute Gasteiger partial charge is 0.348 e. The summed E-state index contributed by atoms with van der Waals surface area (Å²) in [6.07, 6.45) is 2.08. The first-order chi connectivity index (χ1) is 12.8. The van der Waals surface area contributed by atoms with Crippen LogP contribution in [0.2, 0.25) is 0 Å². The number of amides is 2. The fraction of sp³-hybridized carbons (Fsp3) is 0.389. The van der Waals surface area contributed by atoms with E-state index in [0.29, 0.717) is 12.1 Å². The monoisotopic (exact) mass is 392 g/mol. The molecule has 0 bridgehead atoms. The summed E-state index contributed by atoms with van der Waals surface area (Å²) in [5, 5.41) is 5.85. The molecule has 0 unspecified atom stereocenters. The molecule has 1 heterocycles. The van der Waals surface area contributed by atoms with Crippen LogP contribution >= 0.6 is 0 Å². The van der Waals surface area contributed by atoms with Crippen LogP contribution in [0.25, 0.3) is 10.9 Å². The number of sulfonamides is 1. The van der Waals surface area contributed by atoms with Gasteiger partial charge in [0.1, 0.15) is 0 Å². The maximum absolute atomic E-state index is 12.1. The van der Waals surface area contributed by atoms with Crippen LogP contribution < -0.4 is 10.6 Å². The first-order valence-electron chi connectivity index (χ1n) is 8.63. The number of carbonyl (C=O) groups excluding carboxylic acids is 2. The molecule has 2 aromatic rings. The molecule has 1 aromatic carbocycles. The van der Waals surface area contributed by atoms with E-state index in [1.807, 2.05) is 19.1 Å². The molecule has 0 fully saturated rings. The number of aromatic nitrogens is 1. The normalized spacial score (nSPS) is 11.6. The minimum absolute atomic E-state index is 0.0254. The fourth-order valence-corrected chi connectivity index (χ4v) is 3.39. The number of hydrogen-bond acceptors (Lipinski definition) is 5. The predicted molar refractivity (Wildman–Crippen MR) is 105 cm³/mol. The summed E-state index contributed by atoms with van der Waals surface area (Å²) in [5.41, 5.74) is 2.24. The van der Waals surface area contributed by atoms with Crippen LogP contribution in [0.15, 0.2) is 30.5 Å². The highest BCUT2D eigenvalue weighted by Crippen LogP contribution is 2.24. The molecule has 1 aromatic heterocycles. The Kier molecular flexibility index (Phi) is 6.86. The Balaban J connectivity index is 1.90. The molecule has 9 heteroatoms. The number of nitrogens with zero attached hydrogens (tertiary/aromatic N) is 2. The van der Waals surface area contributed by atoms with Crippen molar-refractivity contribution in [2.75, 3.05) is 31.2 Å². The second-order valence-corrected chi connectivity index (χ2v) is 8.48. The Morgan fingerprint density at radius 1 is 1.19 bits per heavy atom. The van der Waals surface area contributed by atoms with Crippen LogP contribution in [0.1, 0.15) is 18.9 Å². The van der Waals surface area contributed by atoms with Crippen LogP contribution in [0.5, 0.6) is 0 Å². The number of pyridine rings is 1. The van der Waals surface area contributed by atoms with Gasteiger partial charge in [-0.25, -0.2) is 12.7 Å². The van der Waals surface area contributed by atoms with E-state index in [0.717, 1.165) is 16.5 Å². The number of aryl methyl sites for hydroxylation is 1. The van der Waals surface area contributed by atoms with E-state index >= 15 is 0 Å². The van der Waals surface area contributed by atoms with Gasteiger partial charge in [0.15, 0.2) is 0 Å². The van der Waals surface area contributed by atoms with Gasteiger partial charge in [0, 0.05) is 31.7 Å². The van der Waals surface area contributed by atoms with Crippen molar-refractivity contribution in [2.45, 2.75) is 20.3 Å². The average molecular weight is 392 g/mol. The second-order valence-electron chi connectivity index (χ2n) is 6.12. The van der Waals surface area contributed by atoms with E-state index in [9.17, 15) is 18.0 Å².